The van der Waals surface area contributed by atoms with E-state index in [1.807, 2.05) is 39.0 Å². The molecule has 0 saturated heterocycles. The molecule has 0 aliphatic heterocycles. The minimum absolute atomic E-state index is 0.139. The Morgan fingerprint density at radius 2 is 1.79 bits per heavy atom. The van der Waals surface area contributed by atoms with E-state index in [-0.39, 0.29) is 23.5 Å². The summed E-state index contributed by atoms with van der Waals surface area (Å²) in [6, 6.07) is 17.2. The minimum atomic E-state index is -1.03. The molecule has 7 heteroatoms. The molecule has 0 atom stereocenters. The predicted molar refractivity (Wildman–Crippen MR) is 110 cm³/mol. The smallest absolute Gasteiger partial charge is 0.335 e. The number of carboxylic acid groups (broad SMARTS) is 1. The normalized spacial score (nSPS) is 11.1. The molecule has 150 valence electrons. The highest BCUT2D eigenvalue weighted by atomic mass is 16.5. The summed E-state index contributed by atoms with van der Waals surface area (Å²) in [6.45, 7) is 5.88. The van der Waals surface area contributed by atoms with Crippen LogP contribution >= 0.6 is 0 Å². The molecule has 1 amide bonds. The maximum atomic E-state index is 12.4. The number of nitrogens with zero attached hydrogens (tertiary/aromatic N) is 2. The highest BCUT2D eigenvalue weighted by Crippen LogP contribution is 2.26. The number of carbonyl (C=O) groups is 2. The maximum Gasteiger partial charge on any atom is 0.335 e. The second-order valence-corrected chi connectivity index (χ2v) is 7.58. The van der Waals surface area contributed by atoms with Crippen molar-refractivity contribution >= 4 is 17.7 Å². The lowest BCUT2D eigenvalue weighted by molar-refractivity contribution is -0.118. The van der Waals surface area contributed by atoms with Crippen LogP contribution in [0.1, 0.15) is 36.8 Å². The Balaban J connectivity index is 1.87. The molecule has 0 spiro atoms. The van der Waals surface area contributed by atoms with Gasteiger partial charge >= 0.3 is 5.97 Å². The van der Waals surface area contributed by atoms with E-state index in [0.29, 0.717) is 17.3 Å². The first-order valence-electron chi connectivity index (χ1n) is 9.16. The molecule has 0 aliphatic carbocycles. The van der Waals surface area contributed by atoms with E-state index in [1.165, 1.54) is 16.8 Å². The van der Waals surface area contributed by atoms with E-state index in [2.05, 4.69) is 10.4 Å². The van der Waals surface area contributed by atoms with Crippen LogP contribution in [0.25, 0.3) is 5.69 Å². The average molecular weight is 393 g/mol. The molecular weight excluding hydrogens is 370 g/mol. The molecule has 0 unspecified atom stereocenters. The van der Waals surface area contributed by atoms with Gasteiger partial charge in [0.05, 0.1) is 16.9 Å². The summed E-state index contributed by atoms with van der Waals surface area (Å²) in [5.41, 5.74) is 1.19. The van der Waals surface area contributed by atoms with Gasteiger partial charge < -0.3 is 15.2 Å². The zero-order valence-corrected chi connectivity index (χ0v) is 16.5. The number of anilines is 1. The number of hydrogen-bond donors (Lipinski definition) is 2. The van der Waals surface area contributed by atoms with Gasteiger partial charge in [0.15, 0.2) is 6.61 Å². The van der Waals surface area contributed by atoms with Crippen LogP contribution in [0.5, 0.6) is 5.75 Å². The molecule has 1 aromatic heterocycles. The minimum Gasteiger partial charge on any atom is -0.484 e. The van der Waals surface area contributed by atoms with E-state index >= 15 is 0 Å². The Hall–Kier alpha value is -3.61. The standard InChI is InChI=1S/C22H23N3O4/c1-22(2,3)18-13-19(23-20(26)14-29-17-10-5-4-6-11-17)25(24-18)16-9-7-8-15(12-16)21(27)28/h4-13H,14H2,1-3H3,(H,23,26)(H,27,28). The third-order valence-corrected chi connectivity index (χ3v) is 4.20. The first-order chi connectivity index (χ1) is 13.7. The van der Waals surface area contributed by atoms with Gasteiger partial charge in [-0.15, -0.1) is 0 Å². The fraction of sp³-hybridized carbons (Fsp3) is 0.227. The van der Waals surface area contributed by atoms with Crippen LogP contribution in [-0.4, -0.2) is 33.4 Å². The number of carbonyl (C=O) groups excluding carboxylic acids is 1. The molecule has 3 aromatic rings. The van der Waals surface area contributed by atoms with E-state index in [0.717, 1.165) is 5.69 Å². The van der Waals surface area contributed by atoms with Crippen LogP contribution in [-0.2, 0) is 10.2 Å². The van der Waals surface area contributed by atoms with Crippen LogP contribution < -0.4 is 10.1 Å². The van der Waals surface area contributed by atoms with Gasteiger partial charge in [-0.3, -0.25) is 4.79 Å². The lowest BCUT2D eigenvalue weighted by Gasteiger charge is -2.14. The quantitative estimate of drug-likeness (QED) is 0.663. The third kappa shape index (κ3) is 5.01. The van der Waals surface area contributed by atoms with Crippen LogP contribution in [0.3, 0.4) is 0 Å². The number of ether oxygens (including phenoxy) is 1. The first-order valence-corrected chi connectivity index (χ1v) is 9.16. The maximum absolute atomic E-state index is 12.4. The number of carboxylic acids is 1. The van der Waals surface area contributed by atoms with Crippen molar-refractivity contribution in [3.63, 3.8) is 0 Å². The fourth-order valence-electron chi connectivity index (χ4n) is 2.65. The molecule has 2 aromatic carbocycles. The molecule has 0 bridgehead atoms. The van der Waals surface area contributed by atoms with Crippen molar-refractivity contribution in [2.24, 2.45) is 0 Å². The zero-order valence-electron chi connectivity index (χ0n) is 16.5. The molecule has 0 fully saturated rings. The number of rotatable bonds is 6. The average Bonchev–Trinajstić information content (AvgIpc) is 3.11. The van der Waals surface area contributed by atoms with Crippen molar-refractivity contribution in [3.8, 4) is 11.4 Å². The van der Waals surface area contributed by atoms with Crippen molar-refractivity contribution in [2.45, 2.75) is 26.2 Å². The lowest BCUT2D eigenvalue weighted by atomic mass is 9.92. The summed E-state index contributed by atoms with van der Waals surface area (Å²) in [6.07, 6.45) is 0. The zero-order chi connectivity index (χ0) is 21.0. The van der Waals surface area contributed by atoms with Crippen LogP contribution in [0.15, 0.2) is 60.7 Å². The van der Waals surface area contributed by atoms with Gasteiger partial charge in [-0.1, -0.05) is 45.0 Å². The monoisotopic (exact) mass is 393 g/mol. The molecule has 0 aliphatic rings. The summed E-state index contributed by atoms with van der Waals surface area (Å²) < 4.78 is 7.03. The van der Waals surface area contributed by atoms with Gasteiger partial charge in [0, 0.05) is 11.5 Å². The summed E-state index contributed by atoms with van der Waals surface area (Å²) in [5, 5.41) is 16.7. The van der Waals surface area contributed by atoms with Crippen molar-refractivity contribution in [1.29, 1.82) is 0 Å². The van der Waals surface area contributed by atoms with E-state index < -0.39 is 5.97 Å². The number of aromatic carboxylic acids is 1. The molecule has 29 heavy (non-hydrogen) atoms. The Kier molecular flexibility index (Phi) is 5.68. The summed E-state index contributed by atoms with van der Waals surface area (Å²) in [5.74, 6) is -0.332. The molecule has 2 N–H and O–H groups in total. The summed E-state index contributed by atoms with van der Waals surface area (Å²) in [4.78, 5) is 23.7. The van der Waals surface area contributed by atoms with Gasteiger partial charge in [-0.2, -0.15) is 5.10 Å². The van der Waals surface area contributed by atoms with E-state index in [4.69, 9.17) is 4.74 Å². The topological polar surface area (TPSA) is 93.5 Å². The fourth-order valence-corrected chi connectivity index (χ4v) is 2.65. The van der Waals surface area contributed by atoms with Crippen LogP contribution in [0, 0.1) is 0 Å². The van der Waals surface area contributed by atoms with Crippen molar-refractivity contribution in [3.05, 3.63) is 71.9 Å². The molecule has 0 radical (unpaired) electrons. The summed E-state index contributed by atoms with van der Waals surface area (Å²) >= 11 is 0. The third-order valence-electron chi connectivity index (χ3n) is 4.20. The van der Waals surface area contributed by atoms with Gasteiger partial charge in [0.2, 0.25) is 0 Å². The Morgan fingerprint density at radius 1 is 1.07 bits per heavy atom. The van der Waals surface area contributed by atoms with Gasteiger partial charge in [-0.05, 0) is 30.3 Å². The molecular formula is C22H23N3O4. The Morgan fingerprint density at radius 3 is 2.45 bits per heavy atom. The van der Waals surface area contributed by atoms with Gasteiger partial charge in [-0.25, -0.2) is 9.48 Å². The van der Waals surface area contributed by atoms with Crippen LogP contribution in [0.4, 0.5) is 5.82 Å². The van der Waals surface area contributed by atoms with Gasteiger partial charge in [0.25, 0.3) is 5.91 Å². The highest BCUT2D eigenvalue weighted by molar-refractivity contribution is 5.92. The first kappa shape index (κ1) is 20.1. The Labute approximate surface area is 168 Å². The van der Waals surface area contributed by atoms with Crippen molar-refractivity contribution in [1.82, 2.24) is 9.78 Å². The number of benzene rings is 2. The second-order valence-electron chi connectivity index (χ2n) is 7.58. The van der Waals surface area contributed by atoms with Crippen LogP contribution in [0.2, 0.25) is 0 Å². The number of aromatic nitrogens is 2. The molecule has 7 nitrogen and oxygen atoms in total. The largest absolute Gasteiger partial charge is 0.484 e. The number of nitrogens with one attached hydrogen (secondary N) is 1. The van der Waals surface area contributed by atoms with E-state index in [9.17, 15) is 14.7 Å². The number of para-hydroxylation sites is 1. The van der Waals surface area contributed by atoms with Crippen molar-refractivity contribution < 1.29 is 19.4 Å². The number of hydrogen-bond acceptors (Lipinski definition) is 4. The number of amides is 1. The van der Waals surface area contributed by atoms with Gasteiger partial charge in [0.1, 0.15) is 11.6 Å². The Bertz CT molecular complexity index is 1020. The molecule has 3 rings (SSSR count). The summed E-state index contributed by atoms with van der Waals surface area (Å²) in [7, 11) is 0. The second kappa shape index (κ2) is 8.18. The van der Waals surface area contributed by atoms with Crippen molar-refractivity contribution in [2.75, 3.05) is 11.9 Å². The van der Waals surface area contributed by atoms with E-state index in [1.54, 1.807) is 30.3 Å². The lowest BCUT2D eigenvalue weighted by Crippen LogP contribution is -2.21. The highest BCUT2D eigenvalue weighted by Gasteiger charge is 2.22. The predicted octanol–water partition coefficient (Wildman–Crippen LogP) is 3.89. The SMILES string of the molecule is CC(C)(C)c1cc(NC(=O)COc2ccccc2)n(-c2cccc(C(=O)O)c2)n1. The molecule has 1 heterocycles. The molecule has 0 saturated carbocycles.